The minimum atomic E-state index is -0.401. The summed E-state index contributed by atoms with van der Waals surface area (Å²) < 4.78 is 26.4. The van der Waals surface area contributed by atoms with Gasteiger partial charge in [0.1, 0.15) is 11.5 Å². The standard InChI is InChI=1S/C27H28O6/c1-4-31-27(28)26(22-12-16-24(17-13-22)33-19-30-3)25(20-8-6-5-7-9-20)21-10-14-23(15-11-21)32-18-29-2/h5-17H,4,18-19H2,1-3H3/b26-25-. The van der Waals surface area contributed by atoms with E-state index in [0.29, 0.717) is 17.1 Å². The molecular formula is C27H28O6. The van der Waals surface area contributed by atoms with E-state index in [9.17, 15) is 4.79 Å². The van der Waals surface area contributed by atoms with E-state index in [1.54, 1.807) is 33.3 Å². The van der Waals surface area contributed by atoms with Crippen LogP contribution in [0.1, 0.15) is 23.6 Å². The van der Waals surface area contributed by atoms with Crippen LogP contribution in [-0.4, -0.2) is 40.4 Å². The molecule has 0 amide bonds. The average molecular weight is 449 g/mol. The fourth-order valence-electron chi connectivity index (χ4n) is 3.32. The van der Waals surface area contributed by atoms with Crippen molar-refractivity contribution in [3.63, 3.8) is 0 Å². The van der Waals surface area contributed by atoms with Crippen LogP contribution in [0.3, 0.4) is 0 Å². The molecule has 0 spiro atoms. The highest BCUT2D eigenvalue weighted by Crippen LogP contribution is 2.34. The van der Waals surface area contributed by atoms with Crippen LogP contribution in [0.15, 0.2) is 78.9 Å². The lowest BCUT2D eigenvalue weighted by Crippen LogP contribution is -2.10. The fourth-order valence-corrected chi connectivity index (χ4v) is 3.32. The lowest BCUT2D eigenvalue weighted by molar-refractivity contribution is -0.136. The van der Waals surface area contributed by atoms with Crippen molar-refractivity contribution in [1.29, 1.82) is 0 Å². The first-order valence-electron chi connectivity index (χ1n) is 10.6. The maximum absolute atomic E-state index is 13.2. The van der Waals surface area contributed by atoms with Crippen LogP contribution in [0.5, 0.6) is 11.5 Å². The first-order valence-corrected chi connectivity index (χ1v) is 10.6. The smallest absolute Gasteiger partial charge is 0.339 e. The summed E-state index contributed by atoms with van der Waals surface area (Å²) in [5.41, 5.74) is 3.70. The van der Waals surface area contributed by atoms with Gasteiger partial charge in [0.05, 0.1) is 12.2 Å². The maximum Gasteiger partial charge on any atom is 0.339 e. The number of rotatable bonds is 11. The molecule has 0 radical (unpaired) electrons. The van der Waals surface area contributed by atoms with Gasteiger partial charge in [0.25, 0.3) is 0 Å². The molecular weight excluding hydrogens is 420 g/mol. The van der Waals surface area contributed by atoms with Crippen LogP contribution in [0, 0.1) is 0 Å². The van der Waals surface area contributed by atoms with Crippen molar-refractivity contribution in [2.75, 3.05) is 34.4 Å². The molecule has 0 atom stereocenters. The van der Waals surface area contributed by atoms with Crippen molar-refractivity contribution in [3.8, 4) is 11.5 Å². The summed E-state index contributed by atoms with van der Waals surface area (Å²) in [5, 5.41) is 0. The Morgan fingerprint density at radius 1 is 0.667 bits per heavy atom. The summed E-state index contributed by atoms with van der Waals surface area (Å²) in [6, 6.07) is 24.6. The topological polar surface area (TPSA) is 63.2 Å². The summed E-state index contributed by atoms with van der Waals surface area (Å²) in [6.07, 6.45) is 0. The van der Waals surface area contributed by atoms with Gasteiger partial charge in [-0.3, -0.25) is 0 Å². The van der Waals surface area contributed by atoms with E-state index >= 15 is 0 Å². The molecule has 0 N–H and O–H groups in total. The van der Waals surface area contributed by atoms with Crippen LogP contribution in [0.2, 0.25) is 0 Å². The third kappa shape index (κ3) is 6.44. The molecule has 0 saturated carbocycles. The van der Waals surface area contributed by atoms with Gasteiger partial charge < -0.3 is 23.7 Å². The largest absolute Gasteiger partial charge is 0.468 e. The molecule has 0 unspecified atom stereocenters. The van der Waals surface area contributed by atoms with Gasteiger partial charge in [0.15, 0.2) is 13.6 Å². The Balaban J connectivity index is 2.16. The average Bonchev–Trinajstić information content (AvgIpc) is 2.86. The third-order valence-electron chi connectivity index (χ3n) is 4.76. The normalized spacial score (nSPS) is 11.5. The van der Waals surface area contributed by atoms with E-state index in [1.807, 2.05) is 66.7 Å². The highest BCUT2D eigenvalue weighted by atomic mass is 16.7. The van der Waals surface area contributed by atoms with E-state index in [4.69, 9.17) is 23.7 Å². The van der Waals surface area contributed by atoms with Crippen molar-refractivity contribution in [2.24, 2.45) is 0 Å². The van der Waals surface area contributed by atoms with Crippen LogP contribution < -0.4 is 9.47 Å². The van der Waals surface area contributed by atoms with Crippen LogP contribution >= 0.6 is 0 Å². The zero-order chi connectivity index (χ0) is 23.5. The zero-order valence-electron chi connectivity index (χ0n) is 19.1. The number of ether oxygens (including phenoxy) is 5. The molecule has 0 aliphatic heterocycles. The Morgan fingerprint density at radius 3 is 1.64 bits per heavy atom. The summed E-state index contributed by atoms with van der Waals surface area (Å²) in [7, 11) is 3.13. The van der Waals surface area contributed by atoms with Gasteiger partial charge in [-0.1, -0.05) is 54.6 Å². The lowest BCUT2D eigenvalue weighted by Gasteiger charge is -2.17. The Bertz CT molecular complexity index is 1040. The van der Waals surface area contributed by atoms with Crippen LogP contribution in [-0.2, 0) is 19.0 Å². The lowest BCUT2D eigenvalue weighted by atomic mass is 9.89. The molecule has 0 aliphatic carbocycles. The van der Waals surface area contributed by atoms with Gasteiger partial charge in [0.2, 0.25) is 0 Å². The number of hydrogen-bond acceptors (Lipinski definition) is 6. The minimum Gasteiger partial charge on any atom is -0.468 e. The molecule has 0 saturated heterocycles. The van der Waals surface area contributed by atoms with Crippen LogP contribution in [0.4, 0.5) is 0 Å². The second-order valence-electron chi connectivity index (χ2n) is 6.99. The number of methoxy groups -OCH3 is 2. The summed E-state index contributed by atoms with van der Waals surface area (Å²) in [4.78, 5) is 13.2. The van der Waals surface area contributed by atoms with Crippen molar-refractivity contribution >= 4 is 17.1 Å². The molecule has 3 rings (SSSR count). The SMILES string of the molecule is CCOC(=O)/C(=C(/c1ccccc1)c1ccc(OCOC)cc1)c1ccc(OCOC)cc1. The molecule has 3 aromatic rings. The van der Waals surface area contributed by atoms with E-state index in [-0.39, 0.29) is 20.2 Å². The van der Waals surface area contributed by atoms with Gasteiger partial charge >= 0.3 is 5.97 Å². The summed E-state index contributed by atoms with van der Waals surface area (Å²) in [6.45, 7) is 2.36. The fraction of sp³-hybridized carbons (Fsp3) is 0.222. The second kappa shape index (κ2) is 12.4. The molecule has 3 aromatic carbocycles. The number of benzene rings is 3. The first-order chi connectivity index (χ1) is 16.2. The quantitative estimate of drug-likeness (QED) is 0.174. The number of carbonyl (C=O) groups is 1. The molecule has 172 valence electrons. The first kappa shape index (κ1) is 24.0. The molecule has 6 heteroatoms. The molecule has 6 nitrogen and oxygen atoms in total. The second-order valence-corrected chi connectivity index (χ2v) is 6.99. The highest BCUT2D eigenvalue weighted by Gasteiger charge is 2.22. The van der Waals surface area contributed by atoms with Crippen molar-refractivity contribution in [1.82, 2.24) is 0 Å². The van der Waals surface area contributed by atoms with Gasteiger partial charge in [-0.25, -0.2) is 4.79 Å². The molecule has 0 aliphatic rings. The van der Waals surface area contributed by atoms with Crippen molar-refractivity contribution < 1.29 is 28.5 Å². The Kier molecular flexibility index (Phi) is 9.06. The van der Waals surface area contributed by atoms with E-state index < -0.39 is 5.97 Å². The molecule has 0 fully saturated rings. The van der Waals surface area contributed by atoms with Gasteiger partial charge in [-0.2, -0.15) is 0 Å². The van der Waals surface area contributed by atoms with E-state index in [0.717, 1.165) is 22.3 Å². The summed E-state index contributed by atoms with van der Waals surface area (Å²) in [5.74, 6) is 0.914. The van der Waals surface area contributed by atoms with Gasteiger partial charge in [0, 0.05) is 19.8 Å². The Morgan fingerprint density at radius 2 is 1.15 bits per heavy atom. The van der Waals surface area contributed by atoms with E-state index in [2.05, 4.69) is 0 Å². The minimum absolute atomic E-state index is 0.146. The highest BCUT2D eigenvalue weighted by molar-refractivity contribution is 6.26. The van der Waals surface area contributed by atoms with Gasteiger partial charge in [-0.15, -0.1) is 0 Å². The summed E-state index contributed by atoms with van der Waals surface area (Å²) >= 11 is 0. The van der Waals surface area contributed by atoms with Crippen molar-refractivity contribution in [3.05, 3.63) is 95.6 Å². The van der Waals surface area contributed by atoms with Crippen molar-refractivity contribution in [2.45, 2.75) is 6.92 Å². The molecule has 0 aromatic heterocycles. The van der Waals surface area contributed by atoms with E-state index in [1.165, 1.54) is 0 Å². The predicted octanol–water partition coefficient (Wildman–Crippen LogP) is 5.17. The third-order valence-corrected chi connectivity index (χ3v) is 4.76. The maximum atomic E-state index is 13.2. The monoisotopic (exact) mass is 448 g/mol. The molecule has 0 heterocycles. The van der Waals surface area contributed by atoms with Gasteiger partial charge in [-0.05, 0) is 47.9 Å². The Hall–Kier alpha value is -3.61. The number of carbonyl (C=O) groups excluding carboxylic acids is 1. The number of hydrogen-bond donors (Lipinski definition) is 0. The molecule has 0 bridgehead atoms. The zero-order valence-corrected chi connectivity index (χ0v) is 19.1. The predicted molar refractivity (Wildman–Crippen MR) is 127 cm³/mol. The Labute approximate surface area is 194 Å². The number of esters is 1. The molecule has 33 heavy (non-hydrogen) atoms. The van der Waals surface area contributed by atoms with Crippen LogP contribution in [0.25, 0.3) is 11.1 Å².